The maximum atomic E-state index is 14.0. The van der Waals surface area contributed by atoms with Gasteiger partial charge in [0.25, 0.3) is 10.0 Å². The van der Waals surface area contributed by atoms with Crippen LogP contribution in [0.1, 0.15) is 43.4 Å². The molecule has 0 fully saturated rings. The molecule has 0 saturated heterocycles. The molecule has 2 amide bonds. The van der Waals surface area contributed by atoms with Crippen LogP contribution in [-0.2, 0) is 26.2 Å². The van der Waals surface area contributed by atoms with Crippen molar-refractivity contribution in [2.45, 2.75) is 58.0 Å². The lowest BCUT2D eigenvalue weighted by molar-refractivity contribution is -0.139. The third-order valence-corrected chi connectivity index (χ3v) is 8.83. The zero-order valence-corrected chi connectivity index (χ0v) is 25.8. The van der Waals surface area contributed by atoms with Crippen LogP contribution in [0.25, 0.3) is 0 Å². The Bertz CT molecular complexity index is 1460. The summed E-state index contributed by atoms with van der Waals surface area (Å²) in [7, 11) is -2.73. The van der Waals surface area contributed by atoms with Crippen LogP contribution in [-0.4, -0.2) is 51.4 Å². The Labute approximate surface area is 248 Å². The van der Waals surface area contributed by atoms with E-state index < -0.39 is 28.5 Å². The Balaban J connectivity index is 2.04. The summed E-state index contributed by atoms with van der Waals surface area (Å²) in [5, 5.41) is 3.08. The highest BCUT2D eigenvalue weighted by molar-refractivity contribution is 7.92. The van der Waals surface area contributed by atoms with Gasteiger partial charge in [0.05, 0.1) is 22.7 Å². The summed E-state index contributed by atoms with van der Waals surface area (Å²) in [6.07, 6.45) is 1.72. The van der Waals surface area contributed by atoms with Crippen LogP contribution in [0, 0.1) is 13.8 Å². The van der Waals surface area contributed by atoms with Crippen molar-refractivity contribution in [2.75, 3.05) is 24.5 Å². The molecule has 0 saturated carbocycles. The van der Waals surface area contributed by atoms with Crippen molar-refractivity contribution in [1.29, 1.82) is 0 Å². The molecule has 0 heterocycles. The second kappa shape index (κ2) is 14.4. The fourth-order valence-corrected chi connectivity index (χ4v) is 5.96. The lowest BCUT2D eigenvalue weighted by Gasteiger charge is -2.32. The summed E-state index contributed by atoms with van der Waals surface area (Å²) in [6, 6.07) is 17.7. The number of methoxy groups -OCH3 is 1. The van der Waals surface area contributed by atoms with Crippen molar-refractivity contribution < 1.29 is 22.7 Å². The zero-order chi connectivity index (χ0) is 30.2. The van der Waals surface area contributed by atoms with E-state index in [0.29, 0.717) is 12.3 Å². The van der Waals surface area contributed by atoms with Crippen molar-refractivity contribution in [2.24, 2.45) is 0 Å². The van der Waals surface area contributed by atoms with Crippen LogP contribution < -0.4 is 14.4 Å². The Morgan fingerprint density at radius 1 is 1.00 bits per heavy atom. The van der Waals surface area contributed by atoms with Gasteiger partial charge in [0.1, 0.15) is 18.3 Å². The first kappa shape index (κ1) is 32.0. The predicted octanol–water partition coefficient (Wildman–Crippen LogP) is 5.49. The minimum Gasteiger partial charge on any atom is -0.495 e. The fraction of sp³-hybridized carbons (Fsp3) is 0.355. The largest absolute Gasteiger partial charge is 0.495 e. The van der Waals surface area contributed by atoms with Gasteiger partial charge in [-0.2, -0.15) is 0 Å². The molecule has 3 aromatic rings. The molecule has 220 valence electrons. The smallest absolute Gasteiger partial charge is 0.264 e. The van der Waals surface area contributed by atoms with Gasteiger partial charge in [0.15, 0.2) is 0 Å². The SMILES string of the molecule is CCCCNC(=O)[C@@H](C)N(Cc1cccc(C)c1)C(=O)CN(c1ccc(OC)c(Cl)c1)S(=O)(=O)c1ccc(C)cc1. The van der Waals surface area contributed by atoms with Gasteiger partial charge in [-0.3, -0.25) is 13.9 Å². The normalized spacial score (nSPS) is 12.0. The van der Waals surface area contributed by atoms with Crippen LogP contribution >= 0.6 is 11.6 Å². The van der Waals surface area contributed by atoms with E-state index in [2.05, 4.69) is 5.32 Å². The van der Waals surface area contributed by atoms with Gasteiger partial charge in [-0.05, 0) is 63.1 Å². The minimum absolute atomic E-state index is 0.0263. The highest BCUT2D eigenvalue weighted by atomic mass is 35.5. The standard InChI is InChI=1S/C31H38ClN3O5S/c1-6-7-17-33-31(37)24(4)34(20-25-10-8-9-23(3)18-25)30(36)21-35(26-13-16-29(40-5)28(32)19-26)41(38,39)27-14-11-22(2)12-15-27/h8-16,18-19,24H,6-7,17,20-21H2,1-5H3,(H,33,37)/t24-/m1/s1. The number of anilines is 1. The first-order valence-electron chi connectivity index (χ1n) is 13.5. The second-order valence-corrected chi connectivity index (χ2v) is 12.2. The van der Waals surface area contributed by atoms with Crippen LogP contribution in [0.5, 0.6) is 5.75 Å². The minimum atomic E-state index is -4.19. The van der Waals surface area contributed by atoms with E-state index in [1.54, 1.807) is 25.1 Å². The summed E-state index contributed by atoms with van der Waals surface area (Å²) in [5.74, 6) is -0.472. The quantitative estimate of drug-likeness (QED) is 0.262. The summed E-state index contributed by atoms with van der Waals surface area (Å²) in [6.45, 7) is 7.55. The van der Waals surface area contributed by atoms with E-state index in [9.17, 15) is 18.0 Å². The maximum Gasteiger partial charge on any atom is 0.264 e. The van der Waals surface area contributed by atoms with Gasteiger partial charge in [-0.1, -0.05) is 72.5 Å². The third kappa shape index (κ3) is 8.24. The number of sulfonamides is 1. The molecule has 0 radical (unpaired) electrons. The molecule has 0 aliphatic heterocycles. The van der Waals surface area contributed by atoms with E-state index in [4.69, 9.17) is 16.3 Å². The van der Waals surface area contributed by atoms with E-state index >= 15 is 0 Å². The van der Waals surface area contributed by atoms with Crippen LogP contribution in [0.15, 0.2) is 71.6 Å². The number of nitrogens with one attached hydrogen (secondary N) is 1. The number of aryl methyl sites for hydroxylation is 2. The molecule has 3 rings (SSSR count). The number of carbonyl (C=O) groups excluding carboxylic acids is 2. The number of halogens is 1. The number of nitrogens with zero attached hydrogens (tertiary/aromatic N) is 2. The van der Waals surface area contributed by atoms with Crippen LogP contribution in [0.2, 0.25) is 5.02 Å². The van der Waals surface area contributed by atoms with Crippen molar-refractivity contribution in [3.63, 3.8) is 0 Å². The summed E-state index contributed by atoms with van der Waals surface area (Å²) in [5.41, 5.74) is 2.92. The lowest BCUT2D eigenvalue weighted by atomic mass is 10.1. The van der Waals surface area contributed by atoms with Crippen molar-refractivity contribution in [1.82, 2.24) is 10.2 Å². The number of benzene rings is 3. The first-order valence-corrected chi connectivity index (χ1v) is 15.4. The first-order chi connectivity index (χ1) is 19.5. The van der Waals surface area contributed by atoms with Crippen molar-refractivity contribution in [3.8, 4) is 5.75 Å². The molecular formula is C31H38ClN3O5S. The molecule has 0 aliphatic rings. The summed E-state index contributed by atoms with van der Waals surface area (Å²) >= 11 is 6.37. The topological polar surface area (TPSA) is 96.0 Å². The molecule has 0 aliphatic carbocycles. The van der Waals surface area contributed by atoms with Gasteiger partial charge in [-0.15, -0.1) is 0 Å². The number of hydrogen-bond acceptors (Lipinski definition) is 5. The molecule has 0 bridgehead atoms. The van der Waals surface area contributed by atoms with E-state index in [1.165, 1.54) is 36.3 Å². The number of unbranched alkanes of at least 4 members (excludes halogenated alkanes) is 1. The number of hydrogen-bond donors (Lipinski definition) is 1. The molecule has 41 heavy (non-hydrogen) atoms. The van der Waals surface area contributed by atoms with Crippen LogP contribution in [0.3, 0.4) is 0 Å². The van der Waals surface area contributed by atoms with Crippen LogP contribution in [0.4, 0.5) is 5.69 Å². The molecule has 10 heteroatoms. The van der Waals surface area contributed by atoms with E-state index in [-0.39, 0.29) is 28.1 Å². The Morgan fingerprint density at radius 2 is 1.71 bits per heavy atom. The highest BCUT2D eigenvalue weighted by Crippen LogP contribution is 2.32. The molecule has 1 atom stereocenters. The maximum absolute atomic E-state index is 14.0. The third-order valence-electron chi connectivity index (χ3n) is 6.74. The summed E-state index contributed by atoms with van der Waals surface area (Å²) in [4.78, 5) is 28.5. The predicted molar refractivity (Wildman–Crippen MR) is 163 cm³/mol. The van der Waals surface area contributed by atoms with Crippen molar-refractivity contribution >= 4 is 39.1 Å². The average molecular weight is 600 g/mol. The molecule has 1 N–H and O–H groups in total. The lowest BCUT2D eigenvalue weighted by Crippen LogP contribution is -2.51. The Morgan fingerprint density at radius 3 is 2.32 bits per heavy atom. The second-order valence-electron chi connectivity index (χ2n) is 9.97. The van der Waals surface area contributed by atoms with E-state index in [1.807, 2.05) is 45.0 Å². The van der Waals surface area contributed by atoms with E-state index in [0.717, 1.165) is 33.8 Å². The van der Waals surface area contributed by atoms with Gasteiger partial charge < -0.3 is 15.0 Å². The highest BCUT2D eigenvalue weighted by Gasteiger charge is 2.32. The molecule has 0 unspecified atom stereocenters. The Hall–Kier alpha value is -3.56. The van der Waals surface area contributed by atoms with Gasteiger partial charge in [0, 0.05) is 13.1 Å². The number of amides is 2. The number of carbonyl (C=O) groups is 2. The van der Waals surface area contributed by atoms with Crippen molar-refractivity contribution in [3.05, 3.63) is 88.4 Å². The molecular weight excluding hydrogens is 562 g/mol. The van der Waals surface area contributed by atoms with Gasteiger partial charge in [-0.25, -0.2) is 8.42 Å². The molecule has 0 spiro atoms. The van der Waals surface area contributed by atoms with Gasteiger partial charge in [0.2, 0.25) is 11.8 Å². The zero-order valence-electron chi connectivity index (χ0n) is 24.2. The van der Waals surface area contributed by atoms with Gasteiger partial charge >= 0.3 is 0 Å². The monoisotopic (exact) mass is 599 g/mol. The summed E-state index contributed by atoms with van der Waals surface area (Å²) < 4.78 is 34.2. The molecule has 8 nitrogen and oxygen atoms in total. The molecule has 0 aromatic heterocycles. The average Bonchev–Trinajstić information content (AvgIpc) is 2.94. The number of ether oxygens (including phenoxy) is 1. The number of rotatable bonds is 13. The fourth-order valence-electron chi connectivity index (χ4n) is 4.30. The Kier molecular flexibility index (Phi) is 11.2. The molecule has 3 aromatic carbocycles.